The smallest absolute Gasteiger partial charge is 0.141 e. The zero-order chi connectivity index (χ0) is 13.1. The number of aldehydes is 1. The van der Waals surface area contributed by atoms with Crippen LogP contribution >= 0.6 is 0 Å². The number of rotatable bonds is 3. The maximum absolute atomic E-state index is 11.5. The van der Waals surface area contributed by atoms with Crippen LogP contribution in [0.2, 0.25) is 0 Å². The zero-order valence-corrected chi connectivity index (χ0v) is 11.1. The van der Waals surface area contributed by atoms with E-state index in [0.29, 0.717) is 0 Å². The molecule has 0 aliphatic carbocycles. The molecule has 0 aromatic heterocycles. The van der Waals surface area contributed by atoms with Crippen LogP contribution in [0, 0.1) is 0 Å². The molecule has 1 atom stereocenters. The van der Waals surface area contributed by atoms with Gasteiger partial charge in [0.05, 0.1) is 19.3 Å². The van der Waals surface area contributed by atoms with Gasteiger partial charge in [0, 0.05) is 19.6 Å². The van der Waals surface area contributed by atoms with E-state index in [1.165, 1.54) is 11.1 Å². The fourth-order valence-corrected chi connectivity index (χ4v) is 2.91. The first-order chi connectivity index (χ1) is 9.38. The maximum atomic E-state index is 11.5. The lowest BCUT2D eigenvalue weighted by atomic mass is 9.95. The lowest BCUT2D eigenvalue weighted by Crippen LogP contribution is -2.39. The Morgan fingerprint density at radius 2 is 2.11 bits per heavy atom. The van der Waals surface area contributed by atoms with Crippen LogP contribution in [-0.2, 0) is 22.5 Å². The number of ether oxygens (including phenoxy) is 1. The van der Waals surface area contributed by atoms with Gasteiger partial charge >= 0.3 is 0 Å². The molecule has 1 aromatic rings. The molecule has 4 nitrogen and oxygen atoms in total. The van der Waals surface area contributed by atoms with Crippen molar-refractivity contribution in [2.24, 2.45) is 0 Å². The third-order valence-corrected chi connectivity index (χ3v) is 4.03. The van der Waals surface area contributed by atoms with Crippen molar-refractivity contribution < 1.29 is 9.53 Å². The minimum absolute atomic E-state index is 0.121. The highest BCUT2D eigenvalue weighted by molar-refractivity contribution is 5.62. The Morgan fingerprint density at radius 3 is 2.89 bits per heavy atom. The van der Waals surface area contributed by atoms with Gasteiger partial charge in [-0.15, -0.1) is 0 Å². The Balaban J connectivity index is 1.84. The fourth-order valence-electron chi connectivity index (χ4n) is 2.91. The number of benzene rings is 1. The van der Waals surface area contributed by atoms with Crippen molar-refractivity contribution in [2.75, 3.05) is 32.8 Å². The molecule has 2 aliphatic rings. The van der Waals surface area contributed by atoms with Gasteiger partial charge < -0.3 is 14.8 Å². The maximum Gasteiger partial charge on any atom is 0.141 e. The van der Waals surface area contributed by atoms with E-state index in [0.717, 1.165) is 57.7 Å². The SMILES string of the molecule is O=CC(c1ccc2c(c1)CCNC2)N1CCOCC1. The highest BCUT2D eigenvalue weighted by Gasteiger charge is 2.23. The summed E-state index contributed by atoms with van der Waals surface area (Å²) in [6.45, 7) is 5.08. The lowest BCUT2D eigenvalue weighted by molar-refractivity contribution is -0.114. The standard InChI is InChI=1S/C15H20N2O2/c18-11-15(17-5-7-19-8-6-17)13-1-2-14-10-16-4-3-12(14)9-13/h1-2,9,11,15-16H,3-8,10H2. The van der Waals surface area contributed by atoms with E-state index in [9.17, 15) is 4.79 Å². The largest absolute Gasteiger partial charge is 0.379 e. The Kier molecular flexibility index (Phi) is 3.92. The number of carbonyl (C=O) groups excluding carboxylic acids is 1. The van der Waals surface area contributed by atoms with Crippen LogP contribution in [0.4, 0.5) is 0 Å². The summed E-state index contributed by atoms with van der Waals surface area (Å²) in [7, 11) is 0. The molecule has 1 saturated heterocycles. The molecule has 1 fully saturated rings. The topological polar surface area (TPSA) is 41.6 Å². The summed E-state index contributed by atoms with van der Waals surface area (Å²) in [6, 6.07) is 6.35. The lowest BCUT2D eigenvalue weighted by Gasteiger charge is -2.32. The monoisotopic (exact) mass is 260 g/mol. The second-order valence-electron chi connectivity index (χ2n) is 5.18. The van der Waals surface area contributed by atoms with E-state index in [-0.39, 0.29) is 6.04 Å². The zero-order valence-electron chi connectivity index (χ0n) is 11.1. The number of fused-ring (bicyclic) bond motifs is 1. The summed E-state index contributed by atoms with van der Waals surface area (Å²) < 4.78 is 5.35. The van der Waals surface area contributed by atoms with E-state index >= 15 is 0 Å². The quantitative estimate of drug-likeness (QED) is 0.820. The molecule has 102 valence electrons. The van der Waals surface area contributed by atoms with Crippen LogP contribution in [0.25, 0.3) is 0 Å². The normalized spacial score (nSPS) is 21.7. The predicted octanol–water partition coefficient (Wildman–Crippen LogP) is 0.904. The van der Waals surface area contributed by atoms with E-state index < -0.39 is 0 Å². The fraction of sp³-hybridized carbons (Fsp3) is 0.533. The van der Waals surface area contributed by atoms with Crippen LogP contribution in [0.5, 0.6) is 0 Å². The van der Waals surface area contributed by atoms with Crippen molar-refractivity contribution >= 4 is 6.29 Å². The van der Waals surface area contributed by atoms with Crippen LogP contribution in [0.3, 0.4) is 0 Å². The second-order valence-corrected chi connectivity index (χ2v) is 5.18. The Labute approximate surface area is 113 Å². The molecular formula is C15H20N2O2. The van der Waals surface area contributed by atoms with E-state index in [1.807, 2.05) is 0 Å². The summed E-state index contributed by atoms with van der Waals surface area (Å²) in [6.07, 6.45) is 2.12. The molecule has 1 N–H and O–H groups in total. The van der Waals surface area contributed by atoms with Crippen molar-refractivity contribution in [3.63, 3.8) is 0 Å². The average molecular weight is 260 g/mol. The number of hydrogen-bond donors (Lipinski definition) is 1. The summed E-state index contributed by atoms with van der Waals surface area (Å²) in [5.74, 6) is 0. The van der Waals surface area contributed by atoms with Crippen LogP contribution in [-0.4, -0.2) is 44.0 Å². The molecule has 1 aromatic carbocycles. The van der Waals surface area contributed by atoms with E-state index in [2.05, 4.69) is 28.4 Å². The van der Waals surface area contributed by atoms with Gasteiger partial charge in [0.15, 0.2) is 0 Å². The van der Waals surface area contributed by atoms with Gasteiger partial charge in [-0.05, 0) is 29.7 Å². The summed E-state index contributed by atoms with van der Waals surface area (Å²) >= 11 is 0. The predicted molar refractivity (Wildman–Crippen MR) is 73.0 cm³/mol. The molecule has 0 saturated carbocycles. The highest BCUT2D eigenvalue weighted by atomic mass is 16.5. The third-order valence-electron chi connectivity index (χ3n) is 4.03. The average Bonchev–Trinajstić information content (AvgIpc) is 2.49. The highest BCUT2D eigenvalue weighted by Crippen LogP contribution is 2.24. The molecule has 0 radical (unpaired) electrons. The Morgan fingerprint density at radius 1 is 1.26 bits per heavy atom. The molecule has 0 bridgehead atoms. The van der Waals surface area contributed by atoms with Crippen molar-refractivity contribution in [2.45, 2.75) is 19.0 Å². The molecule has 19 heavy (non-hydrogen) atoms. The molecule has 3 rings (SSSR count). The first-order valence-corrected chi connectivity index (χ1v) is 6.98. The number of morpholine rings is 1. The third kappa shape index (κ3) is 2.71. The van der Waals surface area contributed by atoms with Gasteiger partial charge in [0.25, 0.3) is 0 Å². The Bertz CT molecular complexity index is 455. The van der Waals surface area contributed by atoms with E-state index in [4.69, 9.17) is 4.74 Å². The number of hydrogen-bond acceptors (Lipinski definition) is 4. The van der Waals surface area contributed by atoms with E-state index in [1.54, 1.807) is 0 Å². The van der Waals surface area contributed by atoms with Gasteiger partial charge in [-0.3, -0.25) is 4.90 Å². The molecule has 0 spiro atoms. The molecule has 1 unspecified atom stereocenters. The van der Waals surface area contributed by atoms with Crippen LogP contribution in [0.1, 0.15) is 22.7 Å². The van der Waals surface area contributed by atoms with Crippen molar-refractivity contribution in [1.82, 2.24) is 10.2 Å². The molecule has 4 heteroatoms. The first-order valence-electron chi connectivity index (χ1n) is 6.98. The van der Waals surface area contributed by atoms with Crippen LogP contribution < -0.4 is 5.32 Å². The summed E-state index contributed by atoms with van der Waals surface area (Å²) in [4.78, 5) is 13.7. The van der Waals surface area contributed by atoms with Crippen molar-refractivity contribution in [1.29, 1.82) is 0 Å². The van der Waals surface area contributed by atoms with Crippen LogP contribution in [0.15, 0.2) is 18.2 Å². The first kappa shape index (κ1) is 12.8. The van der Waals surface area contributed by atoms with Gasteiger partial charge in [0.1, 0.15) is 6.29 Å². The number of carbonyl (C=O) groups is 1. The minimum atomic E-state index is -0.121. The minimum Gasteiger partial charge on any atom is -0.379 e. The Hall–Kier alpha value is -1.23. The second kappa shape index (κ2) is 5.82. The van der Waals surface area contributed by atoms with Gasteiger partial charge in [-0.2, -0.15) is 0 Å². The summed E-state index contributed by atoms with van der Waals surface area (Å²) in [5, 5.41) is 3.37. The van der Waals surface area contributed by atoms with Gasteiger partial charge in [-0.25, -0.2) is 0 Å². The number of nitrogens with zero attached hydrogens (tertiary/aromatic N) is 1. The number of nitrogens with one attached hydrogen (secondary N) is 1. The molecule has 2 heterocycles. The van der Waals surface area contributed by atoms with Crippen molar-refractivity contribution in [3.8, 4) is 0 Å². The molecular weight excluding hydrogens is 240 g/mol. The molecule has 2 aliphatic heterocycles. The molecule has 0 amide bonds. The van der Waals surface area contributed by atoms with Gasteiger partial charge in [-0.1, -0.05) is 18.2 Å². The van der Waals surface area contributed by atoms with Crippen molar-refractivity contribution in [3.05, 3.63) is 34.9 Å². The summed E-state index contributed by atoms with van der Waals surface area (Å²) in [5.41, 5.74) is 3.87. The van der Waals surface area contributed by atoms with Gasteiger partial charge in [0.2, 0.25) is 0 Å².